The van der Waals surface area contributed by atoms with E-state index in [9.17, 15) is 13.2 Å². The number of hydrogen-bond acceptors (Lipinski definition) is 4. The Bertz CT molecular complexity index is 903. The molecule has 0 aliphatic carbocycles. The van der Waals surface area contributed by atoms with Gasteiger partial charge in [0.2, 0.25) is 0 Å². The summed E-state index contributed by atoms with van der Waals surface area (Å²) in [5.41, 5.74) is 2.91. The molecule has 23 heavy (non-hydrogen) atoms. The third-order valence-electron chi connectivity index (χ3n) is 3.91. The first-order valence-electron chi connectivity index (χ1n) is 7.09. The minimum atomic E-state index is -3.18. The number of nitrogens with one attached hydrogen (secondary N) is 1. The number of carbonyl (C=O) groups excluding carboxylic acids is 1. The van der Waals surface area contributed by atoms with Crippen molar-refractivity contribution in [2.24, 2.45) is 7.05 Å². The second-order valence-electron chi connectivity index (χ2n) is 5.65. The molecule has 0 spiro atoms. The number of fused-ring (bicyclic) bond motifs is 1. The molecule has 2 heterocycles. The lowest BCUT2D eigenvalue weighted by Gasteiger charge is -2.13. The van der Waals surface area contributed by atoms with Gasteiger partial charge in [0.05, 0.1) is 17.2 Å². The van der Waals surface area contributed by atoms with Crippen LogP contribution in [0.25, 0.3) is 0 Å². The molecular formula is C15H16ClN3O3S. The van der Waals surface area contributed by atoms with Gasteiger partial charge in [-0.15, -0.1) is 0 Å². The van der Waals surface area contributed by atoms with Gasteiger partial charge in [0.1, 0.15) is 5.69 Å². The number of hydrogen-bond donors (Lipinski definition) is 1. The molecule has 1 aliphatic heterocycles. The highest BCUT2D eigenvalue weighted by Crippen LogP contribution is 2.25. The minimum absolute atomic E-state index is 0.0749. The maximum Gasteiger partial charge on any atom is 0.274 e. The van der Waals surface area contributed by atoms with Gasteiger partial charge < -0.3 is 5.32 Å². The van der Waals surface area contributed by atoms with Crippen molar-refractivity contribution in [1.29, 1.82) is 0 Å². The number of amides is 1. The van der Waals surface area contributed by atoms with Crippen LogP contribution in [-0.2, 0) is 29.1 Å². The highest BCUT2D eigenvalue weighted by atomic mass is 35.5. The maximum absolute atomic E-state index is 12.6. The average molecular weight is 354 g/mol. The van der Waals surface area contributed by atoms with Gasteiger partial charge in [0.25, 0.3) is 5.91 Å². The third kappa shape index (κ3) is 3.11. The second kappa shape index (κ2) is 5.65. The first-order valence-corrected chi connectivity index (χ1v) is 9.29. The molecule has 3 rings (SSSR count). The molecule has 0 bridgehead atoms. The lowest BCUT2D eigenvalue weighted by Crippen LogP contribution is -2.22. The number of aryl methyl sites for hydroxylation is 3. The van der Waals surface area contributed by atoms with Crippen LogP contribution in [0.15, 0.2) is 18.2 Å². The summed E-state index contributed by atoms with van der Waals surface area (Å²) < 4.78 is 25.2. The molecule has 1 aromatic heterocycles. The molecule has 8 heteroatoms. The first-order chi connectivity index (χ1) is 10.8. The largest absolute Gasteiger partial charge is 0.320 e. The molecule has 122 valence electrons. The van der Waals surface area contributed by atoms with E-state index in [4.69, 9.17) is 11.6 Å². The molecule has 0 fully saturated rings. The van der Waals surface area contributed by atoms with Crippen LogP contribution in [-0.4, -0.2) is 29.9 Å². The third-order valence-corrected chi connectivity index (χ3v) is 5.70. The molecule has 6 nitrogen and oxygen atoms in total. The first kappa shape index (κ1) is 16.0. The Morgan fingerprint density at radius 1 is 1.39 bits per heavy atom. The van der Waals surface area contributed by atoms with Crippen molar-refractivity contribution in [2.75, 3.05) is 11.1 Å². The highest BCUT2D eigenvalue weighted by molar-refractivity contribution is 7.90. The van der Waals surface area contributed by atoms with Crippen molar-refractivity contribution in [1.82, 2.24) is 9.78 Å². The van der Waals surface area contributed by atoms with Crippen molar-refractivity contribution >= 4 is 33.0 Å². The number of carbonyl (C=O) groups is 1. The standard InChI is InChI=1S/C15H16ClN3O3S/c1-9-3-4-10(16)7-13(9)17-15(20)14-11-8-23(21,22)6-5-12(11)18-19(14)2/h3-4,7H,5-6,8H2,1-2H3,(H,17,20). The predicted octanol–water partition coefficient (Wildman–Crippen LogP) is 2.11. The molecule has 2 aromatic rings. The Morgan fingerprint density at radius 2 is 2.13 bits per heavy atom. The van der Waals surface area contributed by atoms with Gasteiger partial charge in [-0.05, 0) is 24.6 Å². The quantitative estimate of drug-likeness (QED) is 0.896. The lowest BCUT2D eigenvalue weighted by molar-refractivity contribution is 0.101. The van der Waals surface area contributed by atoms with E-state index in [2.05, 4.69) is 10.4 Å². The minimum Gasteiger partial charge on any atom is -0.320 e. The van der Waals surface area contributed by atoms with Crippen LogP contribution >= 0.6 is 11.6 Å². The number of halogens is 1. The number of aromatic nitrogens is 2. The van der Waals surface area contributed by atoms with E-state index >= 15 is 0 Å². The van der Waals surface area contributed by atoms with Crippen molar-refractivity contribution in [2.45, 2.75) is 19.1 Å². The zero-order chi connectivity index (χ0) is 16.8. The van der Waals surface area contributed by atoms with Gasteiger partial charge >= 0.3 is 0 Å². The van der Waals surface area contributed by atoms with E-state index in [-0.39, 0.29) is 23.1 Å². The fourth-order valence-corrected chi connectivity index (χ4v) is 4.28. The summed E-state index contributed by atoms with van der Waals surface area (Å²) in [6, 6.07) is 5.21. The average Bonchev–Trinajstić information content (AvgIpc) is 2.77. The molecule has 0 saturated heterocycles. The molecule has 0 saturated carbocycles. The van der Waals surface area contributed by atoms with E-state index in [0.29, 0.717) is 28.4 Å². The number of nitrogens with zero attached hydrogens (tertiary/aromatic N) is 2. The van der Waals surface area contributed by atoms with Crippen LogP contribution in [0.1, 0.15) is 27.3 Å². The Balaban J connectivity index is 1.98. The van der Waals surface area contributed by atoms with Crippen LogP contribution < -0.4 is 5.32 Å². The van der Waals surface area contributed by atoms with E-state index in [1.807, 2.05) is 6.92 Å². The topological polar surface area (TPSA) is 81.1 Å². The Labute approximate surface area is 139 Å². The Hall–Kier alpha value is -1.86. The van der Waals surface area contributed by atoms with E-state index < -0.39 is 9.84 Å². The fourth-order valence-electron chi connectivity index (χ4n) is 2.71. The molecule has 0 atom stereocenters. The van der Waals surface area contributed by atoms with Gasteiger partial charge in [-0.3, -0.25) is 9.48 Å². The monoisotopic (exact) mass is 353 g/mol. The molecule has 1 N–H and O–H groups in total. The van der Waals surface area contributed by atoms with E-state index in [1.54, 1.807) is 25.2 Å². The Morgan fingerprint density at radius 3 is 2.87 bits per heavy atom. The van der Waals surface area contributed by atoms with Crippen molar-refractivity contribution in [3.63, 3.8) is 0 Å². The van der Waals surface area contributed by atoms with Gasteiger partial charge in [-0.25, -0.2) is 8.42 Å². The summed E-state index contributed by atoms with van der Waals surface area (Å²) in [4.78, 5) is 12.6. The molecule has 1 aromatic carbocycles. The summed E-state index contributed by atoms with van der Waals surface area (Å²) in [6.07, 6.45) is 0.342. The Kier molecular flexibility index (Phi) is 3.93. The zero-order valence-electron chi connectivity index (χ0n) is 12.8. The smallest absolute Gasteiger partial charge is 0.274 e. The summed E-state index contributed by atoms with van der Waals surface area (Å²) in [5.74, 6) is -0.456. The lowest BCUT2D eigenvalue weighted by atomic mass is 10.1. The van der Waals surface area contributed by atoms with Crippen LogP contribution in [0.5, 0.6) is 0 Å². The summed E-state index contributed by atoms with van der Waals surface area (Å²) in [7, 11) is -1.54. The predicted molar refractivity (Wildman–Crippen MR) is 88.5 cm³/mol. The molecule has 0 radical (unpaired) electrons. The molecule has 1 aliphatic rings. The summed E-state index contributed by atoms with van der Waals surface area (Å²) >= 11 is 5.96. The highest BCUT2D eigenvalue weighted by Gasteiger charge is 2.30. The molecule has 0 unspecified atom stereocenters. The van der Waals surface area contributed by atoms with E-state index in [1.165, 1.54) is 4.68 Å². The number of sulfone groups is 1. The normalized spacial score (nSPS) is 16.0. The second-order valence-corrected chi connectivity index (χ2v) is 8.27. The van der Waals surface area contributed by atoms with Gasteiger partial charge in [0.15, 0.2) is 9.84 Å². The maximum atomic E-state index is 12.6. The van der Waals surface area contributed by atoms with Gasteiger partial charge in [-0.1, -0.05) is 17.7 Å². The molecule has 1 amide bonds. The van der Waals surface area contributed by atoms with Crippen LogP contribution in [0.4, 0.5) is 5.69 Å². The summed E-state index contributed by atoms with van der Waals surface area (Å²) in [5, 5.41) is 7.59. The van der Waals surface area contributed by atoms with E-state index in [0.717, 1.165) is 5.56 Å². The van der Waals surface area contributed by atoms with Crippen molar-refractivity contribution in [3.8, 4) is 0 Å². The number of rotatable bonds is 2. The van der Waals surface area contributed by atoms with Gasteiger partial charge in [0, 0.05) is 29.7 Å². The van der Waals surface area contributed by atoms with Gasteiger partial charge in [-0.2, -0.15) is 5.10 Å². The number of benzene rings is 1. The van der Waals surface area contributed by atoms with Crippen LogP contribution in [0, 0.1) is 6.92 Å². The van der Waals surface area contributed by atoms with Crippen molar-refractivity contribution in [3.05, 3.63) is 45.7 Å². The SMILES string of the molecule is Cc1ccc(Cl)cc1NC(=O)c1c2c(nn1C)CCS(=O)(=O)C2. The summed E-state index contributed by atoms with van der Waals surface area (Å²) in [6.45, 7) is 1.86. The zero-order valence-corrected chi connectivity index (χ0v) is 14.3. The van der Waals surface area contributed by atoms with Crippen molar-refractivity contribution < 1.29 is 13.2 Å². The molecular weight excluding hydrogens is 338 g/mol. The van der Waals surface area contributed by atoms with Crippen LogP contribution in [0.2, 0.25) is 5.02 Å². The number of anilines is 1. The fraction of sp³-hybridized carbons (Fsp3) is 0.333. The van der Waals surface area contributed by atoms with Crippen LogP contribution in [0.3, 0.4) is 0 Å².